The van der Waals surface area contributed by atoms with Crippen molar-refractivity contribution in [1.29, 1.82) is 0 Å². The highest BCUT2D eigenvalue weighted by Crippen LogP contribution is 2.20. The van der Waals surface area contributed by atoms with Gasteiger partial charge in [-0.05, 0) is 26.2 Å². The molecule has 2 heterocycles. The molecule has 0 bridgehead atoms. The maximum atomic E-state index is 12.0. The summed E-state index contributed by atoms with van der Waals surface area (Å²) in [5.74, 6) is 0.0125. The Labute approximate surface area is 115 Å². The molecule has 0 aliphatic carbocycles. The molecule has 100 valence electrons. The molecule has 0 aliphatic rings. The van der Waals surface area contributed by atoms with Crippen molar-refractivity contribution in [2.24, 2.45) is 0 Å². The number of hydrogen-bond acceptors (Lipinski definition) is 6. The average molecular weight is 278 g/mol. The lowest BCUT2D eigenvalue weighted by Gasteiger charge is -2.11. The first-order valence-electron chi connectivity index (χ1n) is 5.77. The van der Waals surface area contributed by atoms with Crippen LogP contribution in [0.15, 0.2) is 23.6 Å². The molecule has 2 aromatic rings. The first-order valence-corrected chi connectivity index (χ1v) is 6.99. The summed E-state index contributed by atoms with van der Waals surface area (Å²) in [5, 5.41) is 4.71. The van der Waals surface area contributed by atoms with E-state index in [1.807, 2.05) is 6.26 Å². The molecule has 0 aliphatic heterocycles. The van der Waals surface area contributed by atoms with Gasteiger partial charge in [-0.25, -0.2) is 19.4 Å². The Morgan fingerprint density at radius 2 is 2.26 bits per heavy atom. The van der Waals surface area contributed by atoms with Gasteiger partial charge in [-0.3, -0.25) is 0 Å². The van der Waals surface area contributed by atoms with Gasteiger partial charge in [0.1, 0.15) is 5.56 Å². The van der Waals surface area contributed by atoms with Gasteiger partial charge >= 0.3 is 5.97 Å². The van der Waals surface area contributed by atoms with Crippen molar-refractivity contribution in [3.8, 4) is 5.82 Å². The molecule has 0 N–H and O–H groups in total. The highest BCUT2D eigenvalue weighted by Gasteiger charge is 2.21. The summed E-state index contributed by atoms with van der Waals surface area (Å²) in [6.45, 7) is 3.83. The van der Waals surface area contributed by atoms with Crippen molar-refractivity contribution in [3.05, 3.63) is 29.7 Å². The summed E-state index contributed by atoms with van der Waals surface area (Å²) in [4.78, 5) is 20.7. The molecule has 0 amide bonds. The standard InChI is InChI=1S/C12H14N4O2S/c1-4-18-11(17)9-8(2)14-12(19-3)15-10(9)16-7-5-6-13-16/h5-7H,4H2,1-3H3. The zero-order chi connectivity index (χ0) is 13.8. The van der Waals surface area contributed by atoms with Gasteiger partial charge in [-0.15, -0.1) is 0 Å². The number of nitrogens with zero attached hydrogens (tertiary/aromatic N) is 4. The molecular formula is C12H14N4O2S. The summed E-state index contributed by atoms with van der Waals surface area (Å²) in [5.41, 5.74) is 0.937. The molecule has 2 aromatic heterocycles. The average Bonchev–Trinajstić information content (AvgIpc) is 2.91. The fourth-order valence-electron chi connectivity index (χ4n) is 1.63. The van der Waals surface area contributed by atoms with E-state index >= 15 is 0 Å². The summed E-state index contributed by atoms with van der Waals surface area (Å²) in [6.07, 6.45) is 5.24. The van der Waals surface area contributed by atoms with Crippen LogP contribution in [0.5, 0.6) is 0 Å². The van der Waals surface area contributed by atoms with E-state index in [-0.39, 0.29) is 0 Å². The number of esters is 1. The third-order valence-electron chi connectivity index (χ3n) is 2.43. The van der Waals surface area contributed by atoms with Crippen LogP contribution in [0.25, 0.3) is 5.82 Å². The van der Waals surface area contributed by atoms with Gasteiger partial charge in [0.2, 0.25) is 0 Å². The number of aryl methyl sites for hydroxylation is 1. The molecule has 6 nitrogen and oxygen atoms in total. The number of rotatable bonds is 4. The normalized spacial score (nSPS) is 10.5. The number of carbonyl (C=O) groups excluding carboxylic acids is 1. The minimum atomic E-state index is -0.432. The molecule has 7 heteroatoms. The second-order valence-electron chi connectivity index (χ2n) is 3.67. The zero-order valence-corrected chi connectivity index (χ0v) is 11.8. The van der Waals surface area contributed by atoms with Crippen LogP contribution in [0.3, 0.4) is 0 Å². The lowest BCUT2D eigenvalue weighted by atomic mass is 10.2. The Hall–Kier alpha value is -1.89. The van der Waals surface area contributed by atoms with E-state index in [2.05, 4.69) is 15.1 Å². The van der Waals surface area contributed by atoms with Crippen LogP contribution in [0, 0.1) is 6.92 Å². The van der Waals surface area contributed by atoms with E-state index in [0.717, 1.165) is 0 Å². The molecule has 0 unspecified atom stereocenters. The summed E-state index contributed by atoms with van der Waals surface area (Å²) in [7, 11) is 0. The number of carbonyl (C=O) groups is 1. The van der Waals surface area contributed by atoms with Crippen LogP contribution in [0.2, 0.25) is 0 Å². The van der Waals surface area contributed by atoms with Gasteiger partial charge in [-0.2, -0.15) is 5.10 Å². The van der Waals surface area contributed by atoms with Crippen molar-refractivity contribution in [2.75, 3.05) is 12.9 Å². The molecule has 0 saturated heterocycles. The predicted molar refractivity (Wildman–Crippen MR) is 71.6 cm³/mol. The van der Waals surface area contributed by atoms with E-state index < -0.39 is 5.97 Å². The van der Waals surface area contributed by atoms with E-state index in [1.54, 1.807) is 37.0 Å². The Balaban J connectivity index is 2.60. The predicted octanol–water partition coefficient (Wildman–Crippen LogP) is 1.87. The molecule has 19 heavy (non-hydrogen) atoms. The van der Waals surface area contributed by atoms with Gasteiger partial charge in [0.15, 0.2) is 11.0 Å². The van der Waals surface area contributed by atoms with Gasteiger partial charge in [0.25, 0.3) is 0 Å². The molecule has 2 rings (SSSR count). The third-order valence-corrected chi connectivity index (χ3v) is 2.98. The van der Waals surface area contributed by atoms with Crippen molar-refractivity contribution in [2.45, 2.75) is 19.0 Å². The molecular weight excluding hydrogens is 264 g/mol. The van der Waals surface area contributed by atoms with E-state index in [9.17, 15) is 4.79 Å². The van der Waals surface area contributed by atoms with Crippen LogP contribution in [-0.2, 0) is 4.74 Å². The number of thioether (sulfide) groups is 1. The zero-order valence-electron chi connectivity index (χ0n) is 11.0. The molecule has 0 fully saturated rings. The van der Waals surface area contributed by atoms with Gasteiger partial charge in [0.05, 0.1) is 12.3 Å². The summed E-state index contributed by atoms with van der Waals surface area (Å²) >= 11 is 1.41. The van der Waals surface area contributed by atoms with Crippen LogP contribution in [0.4, 0.5) is 0 Å². The summed E-state index contributed by atoms with van der Waals surface area (Å²) in [6, 6.07) is 1.77. The largest absolute Gasteiger partial charge is 0.462 e. The Morgan fingerprint density at radius 1 is 1.47 bits per heavy atom. The van der Waals surface area contributed by atoms with Crippen molar-refractivity contribution in [3.63, 3.8) is 0 Å². The fraction of sp³-hybridized carbons (Fsp3) is 0.333. The van der Waals surface area contributed by atoms with E-state index in [0.29, 0.717) is 28.8 Å². The number of aromatic nitrogens is 4. The fourth-order valence-corrected chi connectivity index (χ4v) is 2.03. The minimum Gasteiger partial charge on any atom is -0.462 e. The summed E-state index contributed by atoms with van der Waals surface area (Å²) < 4.78 is 6.60. The van der Waals surface area contributed by atoms with Crippen LogP contribution < -0.4 is 0 Å². The number of hydrogen-bond donors (Lipinski definition) is 0. The Bertz CT molecular complexity index is 584. The first kappa shape index (κ1) is 13.5. The topological polar surface area (TPSA) is 69.9 Å². The Kier molecular flexibility index (Phi) is 4.16. The first-order chi connectivity index (χ1) is 9.17. The highest BCUT2D eigenvalue weighted by molar-refractivity contribution is 7.98. The quantitative estimate of drug-likeness (QED) is 0.483. The smallest absolute Gasteiger partial charge is 0.343 e. The second-order valence-corrected chi connectivity index (χ2v) is 4.44. The minimum absolute atomic E-state index is 0.307. The Morgan fingerprint density at radius 3 is 2.84 bits per heavy atom. The van der Waals surface area contributed by atoms with E-state index in [1.165, 1.54) is 11.8 Å². The highest BCUT2D eigenvalue weighted by atomic mass is 32.2. The maximum absolute atomic E-state index is 12.0. The lowest BCUT2D eigenvalue weighted by molar-refractivity contribution is 0.0524. The van der Waals surface area contributed by atoms with Crippen molar-refractivity contribution < 1.29 is 9.53 Å². The molecule has 0 atom stereocenters. The second kappa shape index (κ2) is 5.83. The molecule has 0 aromatic carbocycles. The van der Waals surface area contributed by atoms with E-state index in [4.69, 9.17) is 4.74 Å². The van der Waals surface area contributed by atoms with Crippen molar-refractivity contribution in [1.82, 2.24) is 19.7 Å². The van der Waals surface area contributed by atoms with Crippen molar-refractivity contribution >= 4 is 17.7 Å². The molecule has 0 saturated carbocycles. The third kappa shape index (κ3) is 2.76. The van der Waals surface area contributed by atoms with Gasteiger partial charge < -0.3 is 4.74 Å². The van der Waals surface area contributed by atoms with Gasteiger partial charge in [-0.1, -0.05) is 11.8 Å². The molecule has 0 radical (unpaired) electrons. The molecule has 0 spiro atoms. The monoisotopic (exact) mass is 278 g/mol. The SMILES string of the molecule is CCOC(=O)c1c(C)nc(SC)nc1-n1cccn1. The van der Waals surface area contributed by atoms with Crippen LogP contribution in [-0.4, -0.2) is 38.6 Å². The number of ether oxygens (including phenoxy) is 1. The van der Waals surface area contributed by atoms with Crippen LogP contribution >= 0.6 is 11.8 Å². The van der Waals surface area contributed by atoms with Gasteiger partial charge in [0, 0.05) is 12.4 Å². The maximum Gasteiger partial charge on any atom is 0.343 e. The lowest BCUT2D eigenvalue weighted by Crippen LogP contribution is -2.15. The van der Waals surface area contributed by atoms with Crippen LogP contribution in [0.1, 0.15) is 23.0 Å².